The Kier molecular flexibility index (Phi) is 5.35. The Morgan fingerprint density at radius 3 is 2.84 bits per heavy atom. The maximum absolute atomic E-state index is 12.9. The molecule has 0 atom stereocenters. The summed E-state index contributed by atoms with van der Waals surface area (Å²) < 4.78 is 18.3. The molecule has 5 nitrogen and oxygen atoms in total. The van der Waals surface area contributed by atoms with E-state index in [1.54, 1.807) is 18.3 Å². The Morgan fingerprint density at radius 2 is 2.08 bits per heavy atom. The number of nitrogens with one attached hydrogen (secondary N) is 1. The van der Waals surface area contributed by atoms with Crippen molar-refractivity contribution in [3.63, 3.8) is 0 Å². The van der Waals surface area contributed by atoms with Gasteiger partial charge < -0.3 is 10.1 Å². The SMILES string of the molecule is CCOc1cc(-c2csc(NC(=O)Cc3ccc(F)cc3)n2)ccn1. The van der Waals surface area contributed by atoms with Crippen LogP contribution >= 0.6 is 11.3 Å². The summed E-state index contributed by atoms with van der Waals surface area (Å²) in [6.07, 6.45) is 1.82. The van der Waals surface area contributed by atoms with Crippen LogP contribution < -0.4 is 10.1 Å². The van der Waals surface area contributed by atoms with Gasteiger partial charge in [-0.05, 0) is 30.7 Å². The number of halogens is 1. The van der Waals surface area contributed by atoms with E-state index in [4.69, 9.17) is 4.74 Å². The average molecular weight is 357 g/mol. The number of hydrogen-bond acceptors (Lipinski definition) is 5. The standard InChI is InChI=1S/C18H16FN3O2S/c1-2-24-17-10-13(7-8-20-17)15-11-25-18(21-15)22-16(23)9-12-3-5-14(19)6-4-12/h3-8,10-11H,2,9H2,1H3,(H,21,22,23). The zero-order valence-electron chi connectivity index (χ0n) is 13.5. The number of thiazole rings is 1. The molecule has 7 heteroatoms. The molecule has 1 aromatic carbocycles. The number of pyridine rings is 1. The van der Waals surface area contributed by atoms with E-state index in [2.05, 4.69) is 15.3 Å². The number of aromatic nitrogens is 2. The predicted molar refractivity (Wildman–Crippen MR) is 95.2 cm³/mol. The smallest absolute Gasteiger partial charge is 0.230 e. The van der Waals surface area contributed by atoms with Crippen molar-refractivity contribution in [2.45, 2.75) is 13.3 Å². The van der Waals surface area contributed by atoms with E-state index in [0.29, 0.717) is 17.6 Å². The van der Waals surface area contributed by atoms with Crippen molar-refractivity contribution in [3.8, 4) is 17.1 Å². The fraction of sp³-hybridized carbons (Fsp3) is 0.167. The van der Waals surface area contributed by atoms with Crippen LogP contribution in [0.5, 0.6) is 5.88 Å². The summed E-state index contributed by atoms with van der Waals surface area (Å²) in [5, 5.41) is 5.13. The first-order valence-electron chi connectivity index (χ1n) is 7.73. The van der Waals surface area contributed by atoms with Gasteiger partial charge in [-0.15, -0.1) is 11.3 Å². The van der Waals surface area contributed by atoms with E-state index in [1.165, 1.54) is 23.5 Å². The van der Waals surface area contributed by atoms with Crippen molar-refractivity contribution in [1.82, 2.24) is 9.97 Å². The van der Waals surface area contributed by atoms with Gasteiger partial charge in [0.1, 0.15) is 5.82 Å². The molecular weight excluding hydrogens is 341 g/mol. The summed E-state index contributed by atoms with van der Waals surface area (Å²) in [6, 6.07) is 9.50. The number of ether oxygens (including phenoxy) is 1. The molecule has 1 N–H and O–H groups in total. The fourth-order valence-electron chi connectivity index (χ4n) is 2.21. The minimum atomic E-state index is -0.322. The minimum absolute atomic E-state index is 0.166. The van der Waals surface area contributed by atoms with Gasteiger partial charge in [0.05, 0.1) is 18.7 Å². The minimum Gasteiger partial charge on any atom is -0.478 e. The van der Waals surface area contributed by atoms with Crippen molar-refractivity contribution in [2.24, 2.45) is 0 Å². The molecule has 0 saturated carbocycles. The molecule has 0 aliphatic carbocycles. The van der Waals surface area contributed by atoms with E-state index >= 15 is 0 Å². The highest BCUT2D eigenvalue weighted by molar-refractivity contribution is 7.14. The Bertz CT molecular complexity index is 865. The van der Waals surface area contributed by atoms with Gasteiger partial charge in [0.15, 0.2) is 5.13 Å². The van der Waals surface area contributed by atoms with Crippen LogP contribution in [-0.2, 0) is 11.2 Å². The zero-order valence-corrected chi connectivity index (χ0v) is 14.3. The van der Waals surface area contributed by atoms with Crippen LogP contribution in [0, 0.1) is 5.82 Å². The molecule has 3 aromatic rings. The number of benzene rings is 1. The lowest BCUT2D eigenvalue weighted by molar-refractivity contribution is -0.115. The summed E-state index contributed by atoms with van der Waals surface area (Å²) in [7, 11) is 0. The molecule has 2 heterocycles. The van der Waals surface area contributed by atoms with Gasteiger partial charge in [0.25, 0.3) is 0 Å². The molecule has 2 aromatic heterocycles. The Labute approximate surface area is 148 Å². The van der Waals surface area contributed by atoms with Crippen LogP contribution in [0.15, 0.2) is 48.0 Å². The number of amides is 1. The fourth-order valence-corrected chi connectivity index (χ4v) is 2.95. The van der Waals surface area contributed by atoms with Crippen molar-refractivity contribution in [3.05, 3.63) is 59.4 Å². The largest absolute Gasteiger partial charge is 0.478 e. The number of carbonyl (C=O) groups excluding carboxylic acids is 1. The van der Waals surface area contributed by atoms with Gasteiger partial charge in [-0.25, -0.2) is 14.4 Å². The first-order chi connectivity index (χ1) is 12.1. The van der Waals surface area contributed by atoms with Crippen LogP contribution in [0.1, 0.15) is 12.5 Å². The normalized spacial score (nSPS) is 10.5. The topological polar surface area (TPSA) is 64.1 Å². The number of carbonyl (C=O) groups is 1. The monoisotopic (exact) mass is 357 g/mol. The molecule has 25 heavy (non-hydrogen) atoms. The van der Waals surface area contributed by atoms with Crippen LogP contribution in [0.3, 0.4) is 0 Å². The molecule has 0 saturated heterocycles. The molecule has 0 unspecified atom stereocenters. The second kappa shape index (κ2) is 7.85. The highest BCUT2D eigenvalue weighted by atomic mass is 32.1. The second-order valence-electron chi connectivity index (χ2n) is 5.21. The van der Waals surface area contributed by atoms with Crippen molar-refractivity contribution < 1.29 is 13.9 Å². The van der Waals surface area contributed by atoms with Gasteiger partial charge in [-0.3, -0.25) is 4.79 Å². The van der Waals surface area contributed by atoms with Gasteiger partial charge in [-0.1, -0.05) is 12.1 Å². The first kappa shape index (κ1) is 17.0. The van der Waals surface area contributed by atoms with Crippen LogP contribution in [0.2, 0.25) is 0 Å². The third kappa shape index (κ3) is 4.60. The van der Waals surface area contributed by atoms with Crippen LogP contribution in [0.4, 0.5) is 9.52 Å². The lowest BCUT2D eigenvalue weighted by atomic mass is 10.1. The Balaban J connectivity index is 1.66. The maximum Gasteiger partial charge on any atom is 0.230 e. The van der Waals surface area contributed by atoms with Gasteiger partial charge in [-0.2, -0.15) is 0 Å². The summed E-state index contributed by atoms with van der Waals surface area (Å²) >= 11 is 1.34. The Hall–Kier alpha value is -2.80. The van der Waals surface area contributed by atoms with E-state index in [9.17, 15) is 9.18 Å². The molecule has 0 spiro atoms. The molecule has 0 aliphatic rings. The van der Waals surface area contributed by atoms with Gasteiger partial charge >= 0.3 is 0 Å². The van der Waals surface area contributed by atoms with Gasteiger partial charge in [0, 0.05) is 23.2 Å². The molecule has 128 valence electrons. The van der Waals surface area contributed by atoms with Crippen LogP contribution in [-0.4, -0.2) is 22.5 Å². The predicted octanol–water partition coefficient (Wildman–Crippen LogP) is 3.92. The summed E-state index contributed by atoms with van der Waals surface area (Å²) in [5.74, 6) is 0.0182. The first-order valence-corrected chi connectivity index (χ1v) is 8.61. The summed E-state index contributed by atoms with van der Waals surface area (Å²) in [6.45, 7) is 2.43. The number of rotatable bonds is 6. The highest BCUT2D eigenvalue weighted by Crippen LogP contribution is 2.26. The maximum atomic E-state index is 12.9. The lowest BCUT2D eigenvalue weighted by Crippen LogP contribution is -2.14. The molecule has 0 fully saturated rings. The molecule has 3 rings (SSSR count). The quantitative estimate of drug-likeness (QED) is 0.726. The Morgan fingerprint density at radius 1 is 1.28 bits per heavy atom. The molecule has 0 bridgehead atoms. The van der Waals surface area contributed by atoms with Crippen molar-refractivity contribution >= 4 is 22.4 Å². The van der Waals surface area contributed by atoms with Crippen LogP contribution in [0.25, 0.3) is 11.3 Å². The number of nitrogens with zero attached hydrogens (tertiary/aromatic N) is 2. The number of hydrogen-bond donors (Lipinski definition) is 1. The molecule has 1 amide bonds. The van der Waals surface area contributed by atoms with Crippen molar-refractivity contribution in [2.75, 3.05) is 11.9 Å². The van der Waals surface area contributed by atoms with E-state index in [0.717, 1.165) is 16.8 Å². The van der Waals surface area contributed by atoms with Gasteiger partial charge in [0.2, 0.25) is 11.8 Å². The highest BCUT2D eigenvalue weighted by Gasteiger charge is 2.10. The lowest BCUT2D eigenvalue weighted by Gasteiger charge is -2.03. The third-order valence-corrected chi connectivity index (χ3v) is 4.11. The second-order valence-corrected chi connectivity index (χ2v) is 6.06. The summed E-state index contributed by atoms with van der Waals surface area (Å²) in [4.78, 5) is 20.6. The van der Waals surface area contributed by atoms with E-state index in [-0.39, 0.29) is 18.1 Å². The molecular formula is C18H16FN3O2S. The molecule has 0 aliphatic heterocycles. The third-order valence-electron chi connectivity index (χ3n) is 3.35. The van der Waals surface area contributed by atoms with E-state index in [1.807, 2.05) is 24.4 Å². The average Bonchev–Trinajstić information content (AvgIpc) is 3.06. The zero-order chi connectivity index (χ0) is 17.6. The summed E-state index contributed by atoms with van der Waals surface area (Å²) in [5.41, 5.74) is 2.35. The number of anilines is 1. The molecule has 0 radical (unpaired) electrons. The van der Waals surface area contributed by atoms with Crippen molar-refractivity contribution in [1.29, 1.82) is 0 Å². The van der Waals surface area contributed by atoms with E-state index < -0.39 is 0 Å².